The molecule has 0 bridgehead atoms. The van der Waals surface area contributed by atoms with Crippen LogP contribution in [0.1, 0.15) is 50.4 Å². The van der Waals surface area contributed by atoms with Gasteiger partial charge in [-0.1, -0.05) is 19.1 Å². The predicted octanol–water partition coefficient (Wildman–Crippen LogP) is 2.16. The van der Waals surface area contributed by atoms with Crippen molar-refractivity contribution < 1.29 is 0 Å². The Bertz CT molecular complexity index is 433. The highest BCUT2D eigenvalue weighted by Gasteiger charge is 2.15. The molecule has 0 saturated carbocycles. The molecule has 5 heteroatoms. The number of aryl methyl sites for hydroxylation is 1. The molecule has 90 valence electrons. The van der Waals surface area contributed by atoms with Crippen LogP contribution in [0.2, 0.25) is 0 Å². The minimum Gasteiger partial charge on any atom is -0.249 e. The van der Waals surface area contributed by atoms with Crippen LogP contribution in [0.15, 0.2) is 0 Å². The van der Waals surface area contributed by atoms with Crippen LogP contribution in [-0.4, -0.2) is 15.0 Å². The summed E-state index contributed by atoms with van der Waals surface area (Å²) in [5, 5.41) is 25.3. The first-order valence-corrected chi connectivity index (χ1v) is 5.86. The van der Waals surface area contributed by atoms with Crippen LogP contribution in [-0.2, 0) is 13.0 Å². The molecule has 0 amide bonds. The maximum Gasteiger partial charge on any atom is 0.100 e. The van der Waals surface area contributed by atoms with Gasteiger partial charge in [0.15, 0.2) is 0 Å². The van der Waals surface area contributed by atoms with Gasteiger partial charge in [0.25, 0.3) is 0 Å². The lowest BCUT2D eigenvalue weighted by atomic mass is 10.1. The standard InChI is InChI=1S/C12H17N5/c1-10(2)12-11(6-8-14)15-16-17(12)9-5-3-4-7-13/h10H,3-6,9H2,1-2H3. The molecule has 1 rings (SSSR count). The van der Waals surface area contributed by atoms with Crippen LogP contribution in [0.4, 0.5) is 0 Å². The molecule has 5 nitrogen and oxygen atoms in total. The van der Waals surface area contributed by atoms with Gasteiger partial charge in [-0.2, -0.15) is 10.5 Å². The van der Waals surface area contributed by atoms with E-state index >= 15 is 0 Å². The van der Waals surface area contributed by atoms with Crippen molar-refractivity contribution in [2.45, 2.75) is 52.0 Å². The fourth-order valence-electron chi connectivity index (χ4n) is 1.82. The van der Waals surface area contributed by atoms with E-state index in [0.717, 1.165) is 30.8 Å². The molecular weight excluding hydrogens is 214 g/mol. The van der Waals surface area contributed by atoms with Gasteiger partial charge in [0, 0.05) is 13.0 Å². The Balaban J connectivity index is 2.72. The van der Waals surface area contributed by atoms with E-state index in [1.165, 1.54) is 0 Å². The minimum atomic E-state index is 0.310. The second kappa shape index (κ2) is 6.65. The van der Waals surface area contributed by atoms with Crippen molar-refractivity contribution in [3.63, 3.8) is 0 Å². The fourth-order valence-corrected chi connectivity index (χ4v) is 1.82. The van der Waals surface area contributed by atoms with Crippen LogP contribution >= 0.6 is 0 Å². The largest absolute Gasteiger partial charge is 0.249 e. The van der Waals surface area contributed by atoms with E-state index in [0.29, 0.717) is 18.8 Å². The number of rotatable bonds is 6. The van der Waals surface area contributed by atoms with Crippen molar-refractivity contribution >= 4 is 0 Å². The third-order valence-electron chi connectivity index (χ3n) is 2.55. The summed E-state index contributed by atoms with van der Waals surface area (Å²) in [4.78, 5) is 0. The van der Waals surface area contributed by atoms with Gasteiger partial charge in [0.1, 0.15) is 5.69 Å². The van der Waals surface area contributed by atoms with Crippen molar-refractivity contribution in [1.29, 1.82) is 10.5 Å². The van der Waals surface area contributed by atoms with E-state index in [9.17, 15) is 0 Å². The Morgan fingerprint density at radius 1 is 1.24 bits per heavy atom. The number of aromatic nitrogens is 3. The van der Waals surface area contributed by atoms with Crippen molar-refractivity contribution in [3.8, 4) is 12.1 Å². The minimum absolute atomic E-state index is 0.310. The van der Waals surface area contributed by atoms with Crippen LogP contribution in [0.25, 0.3) is 0 Å². The molecule has 0 aliphatic heterocycles. The first-order valence-electron chi connectivity index (χ1n) is 5.86. The second-order valence-corrected chi connectivity index (χ2v) is 4.25. The molecule has 0 atom stereocenters. The fraction of sp³-hybridized carbons (Fsp3) is 0.667. The SMILES string of the molecule is CC(C)c1c(CC#N)nnn1CCCCC#N. The summed E-state index contributed by atoms with van der Waals surface area (Å²) >= 11 is 0. The van der Waals surface area contributed by atoms with Crippen molar-refractivity contribution in [1.82, 2.24) is 15.0 Å². The van der Waals surface area contributed by atoms with Gasteiger partial charge in [-0.3, -0.25) is 0 Å². The van der Waals surface area contributed by atoms with Crippen LogP contribution in [0, 0.1) is 22.7 Å². The molecule has 0 spiro atoms. The van der Waals surface area contributed by atoms with E-state index in [1.807, 2.05) is 4.68 Å². The summed E-state index contributed by atoms with van der Waals surface area (Å²) in [5.74, 6) is 0.310. The van der Waals surface area contributed by atoms with Gasteiger partial charge >= 0.3 is 0 Å². The summed E-state index contributed by atoms with van der Waals surface area (Å²) in [7, 11) is 0. The first kappa shape index (κ1) is 13.2. The normalized spacial score (nSPS) is 10.2. The van der Waals surface area contributed by atoms with Gasteiger partial charge in [-0.15, -0.1) is 5.10 Å². The number of hydrogen-bond donors (Lipinski definition) is 0. The molecule has 1 aromatic heterocycles. The summed E-state index contributed by atoms with van der Waals surface area (Å²) < 4.78 is 1.87. The van der Waals surface area contributed by atoms with Gasteiger partial charge in [-0.05, 0) is 18.8 Å². The molecular formula is C12H17N5. The first-order chi connectivity index (χ1) is 8.20. The highest BCUT2D eigenvalue weighted by molar-refractivity contribution is 5.17. The Hall–Kier alpha value is -1.88. The monoisotopic (exact) mass is 231 g/mol. The maximum absolute atomic E-state index is 8.72. The number of hydrogen-bond acceptors (Lipinski definition) is 4. The zero-order valence-corrected chi connectivity index (χ0v) is 10.3. The van der Waals surface area contributed by atoms with Gasteiger partial charge in [0.05, 0.1) is 24.3 Å². The van der Waals surface area contributed by atoms with Crippen molar-refractivity contribution in [3.05, 3.63) is 11.4 Å². The third-order valence-corrected chi connectivity index (χ3v) is 2.55. The van der Waals surface area contributed by atoms with E-state index in [1.54, 1.807) is 0 Å². The zero-order chi connectivity index (χ0) is 12.7. The van der Waals surface area contributed by atoms with E-state index in [4.69, 9.17) is 10.5 Å². The molecule has 0 unspecified atom stereocenters. The molecule has 0 aromatic carbocycles. The predicted molar refractivity (Wildman–Crippen MR) is 62.9 cm³/mol. The smallest absolute Gasteiger partial charge is 0.100 e. The molecule has 0 aliphatic carbocycles. The van der Waals surface area contributed by atoms with E-state index in [2.05, 4.69) is 36.3 Å². The summed E-state index contributed by atoms with van der Waals surface area (Å²) in [6.07, 6.45) is 2.69. The van der Waals surface area contributed by atoms with Crippen LogP contribution < -0.4 is 0 Å². The average Bonchev–Trinajstić information content (AvgIpc) is 2.68. The molecule has 0 fully saturated rings. The lowest BCUT2D eigenvalue weighted by Crippen LogP contribution is -2.08. The third kappa shape index (κ3) is 3.57. The highest BCUT2D eigenvalue weighted by atomic mass is 15.4. The van der Waals surface area contributed by atoms with E-state index in [-0.39, 0.29) is 0 Å². The molecule has 0 N–H and O–H groups in total. The molecule has 1 aromatic rings. The lowest BCUT2D eigenvalue weighted by molar-refractivity contribution is 0.515. The number of nitriles is 2. The van der Waals surface area contributed by atoms with E-state index < -0.39 is 0 Å². The average molecular weight is 231 g/mol. The van der Waals surface area contributed by atoms with Crippen molar-refractivity contribution in [2.24, 2.45) is 0 Å². The molecule has 0 aliphatic rings. The lowest BCUT2D eigenvalue weighted by Gasteiger charge is -2.09. The highest BCUT2D eigenvalue weighted by Crippen LogP contribution is 2.18. The second-order valence-electron chi connectivity index (χ2n) is 4.25. The van der Waals surface area contributed by atoms with Gasteiger partial charge in [0.2, 0.25) is 0 Å². The Morgan fingerprint density at radius 2 is 2.00 bits per heavy atom. The zero-order valence-electron chi connectivity index (χ0n) is 10.3. The summed E-state index contributed by atoms with van der Waals surface area (Å²) in [6, 6.07) is 4.24. The molecule has 17 heavy (non-hydrogen) atoms. The van der Waals surface area contributed by atoms with Crippen molar-refractivity contribution in [2.75, 3.05) is 0 Å². The summed E-state index contributed by atoms with van der Waals surface area (Å²) in [5.41, 5.74) is 1.83. The molecule has 0 radical (unpaired) electrons. The Kier molecular flexibility index (Phi) is 5.16. The van der Waals surface area contributed by atoms with Crippen LogP contribution in [0.5, 0.6) is 0 Å². The maximum atomic E-state index is 8.72. The quantitative estimate of drug-likeness (QED) is 0.703. The topological polar surface area (TPSA) is 78.3 Å². The van der Waals surface area contributed by atoms with Gasteiger partial charge in [-0.25, -0.2) is 4.68 Å². The molecule has 1 heterocycles. The molecule has 0 saturated heterocycles. The Labute approximate surface area is 102 Å². The summed E-state index contributed by atoms with van der Waals surface area (Å²) in [6.45, 7) is 4.92. The Morgan fingerprint density at radius 3 is 2.59 bits per heavy atom. The number of nitrogens with zero attached hydrogens (tertiary/aromatic N) is 5. The van der Waals surface area contributed by atoms with Gasteiger partial charge < -0.3 is 0 Å². The number of unbranched alkanes of at least 4 members (excludes halogenated alkanes) is 2. The van der Waals surface area contributed by atoms with Crippen LogP contribution in [0.3, 0.4) is 0 Å².